The molecule has 1 aromatic heterocycles. The Labute approximate surface area is 194 Å². The SMILES string of the molecule is O=C(Nc1nccnc1Cl)N1CCC(Oc2cccc(OCCC3CCCCC3)c2)CC1. The van der Waals surface area contributed by atoms with Crippen LogP contribution in [-0.2, 0) is 0 Å². The minimum Gasteiger partial charge on any atom is -0.493 e. The van der Waals surface area contributed by atoms with Crippen LogP contribution in [0.2, 0.25) is 5.15 Å². The van der Waals surface area contributed by atoms with Gasteiger partial charge in [0.1, 0.15) is 17.6 Å². The second kappa shape index (κ2) is 11.4. The highest BCUT2D eigenvalue weighted by Gasteiger charge is 2.25. The third-order valence-corrected chi connectivity index (χ3v) is 6.51. The molecule has 0 spiro atoms. The molecule has 1 saturated heterocycles. The van der Waals surface area contributed by atoms with Crippen molar-refractivity contribution in [2.24, 2.45) is 5.92 Å². The van der Waals surface area contributed by atoms with E-state index < -0.39 is 0 Å². The summed E-state index contributed by atoms with van der Waals surface area (Å²) in [6.45, 7) is 1.97. The fourth-order valence-corrected chi connectivity index (χ4v) is 4.56. The number of anilines is 1. The zero-order valence-corrected chi connectivity index (χ0v) is 19.1. The molecular weight excluding hydrogens is 428 g/mol. The van der Waals surface area contributed by atoms with Gasteiger partial charge >= 0.3 is 6.03 Å². The molecule has 4 rings (SSSR count). The molecule has 172 valence electrons. The number of benzene rings is 1. The Hall–Kier alpha value is -2.54. The third-order valence-electron chi connectivity index (χ3n) is 6.24. The van der Waals surface area contributed by atoms with E-state index in [1.807, 2.05) is 24.3 Å². The van der Waals surface area contributed by atoms with E-state index in [-0.39, 0.29) is 23.1 Å². The summed E-state index contributed by atoms with van der Waals surface area (Å²) in [5.74, 6) is 2.76. The normalized spacial score (nSPS) is 17.7. The second-order valence-corrected chi connectivity index (χ2v) is 8.90. The number of piperidine rings is 1. The van der Waals surface area contributed by atoms with E-state index in [2.05, 4.69) is 15.3 Å². The van der Waals surface area contributed by atoms with Gasteiger partial charge in [0.25, 0.3) is 0 Å². The predicted octanol–water partition coefficient (Wildman–Crippen LogP) is 5.55. The number of carbonyl (C=O) groups excluding carboxylic acids is 1. The lowest BCUT2D eigenvalue weighted by molar-refractivity contribution is 0.115. The molecule has 1 saturated carbocycles. The van der Waals surface area contributed by atoms with Gasteiger partial charge in [0.2, 0.25) is 0 Å². The Bertz CT molecular complexity index is 883. The number of halogens is 1. The van der Waals surface area contributed by atoms with Crippen LogP contribution in [0, 0.1) is 5.92 Å². The average molecular weight is 459 g/mol. The second-order valence-electron chi connectivity index (χ2n) is 8.55. The minimum atomic E-state index is -0.223. The highest BCUT2D eigenvalue weighted by molar-refractivity contribution is 6.32. The smallest absolute Gasteiger partial charge is 0.323 e. The van der Waals surface area contributed by atoms with E-state index >= 15 is 0 Å². The zero-order chi connectivity index (χ0) is 22.2. The summed E-state index contributed by atoms with van der Waals surface area (Å²) in [6.07, 6.45) is 12.5. The molecule has 0 bridgehead atoms. The number of nitrogens with zero attached hydrogens (tertiary/aromatic N) is 3. The van der Waals surface area contributed by atoms with Gasteiger partial charge in [-0.2, -0.15) is 0 Å². The van der Waals surface area contributed by atoms with Crippen molar-refractivity contribution < 1.29 is 14.3 Å². The van der Waals surface area contributed by atoms with E-state index in [0.717, 1.165) is 43.3 Å². The van der Waals surface area contributed by atoms with Gasteiger partial charge in [0, 0.05) is 44.4 Å². The van der Waals surface area contributed by atoms with Gasteiger partial charge in [-0.1, -0.05) is 49.8 Å². The number of likely N-dealkylation sites (tertiary alicyclic amines) is 1. The van der Waals surface area contributed by atoms with E-state index in [9.17, 15) is 4.79 Å². The molecule has 32 heavy (non-hydrogen) atoms. The first-order valence-electron chi connectivity index (χ1n) is 11.6. The molecule has 2 heterocycles. The maximum Gasteiger partial charge on any atom is 0.323 e. The van der Waals surface area contributed by atoms with Crippen molar-refractivity contribution in [2.45, 2.75) is 57.5 Å². The van der Waals surface area contributed by atoms with Crippen LogP contribution in [0.1, 0.15) is 51.4 Å². The predicted molar refractivity (Wildman–Crippen MR) is 124 cm³/mol. The van der Waals surface area contributed by atoms with E-state index in [0.29, 0.717) is 13.1 Å². The van der Waals surface area contributed by atoms with Gasteiger partial charge < -0.3 is 14.4 Å². The Balaban J connectivity index is 1.20. The summed E-state index contributed by atoms with van der Waals surface area (Å²) in [6, 6.07) is 7.66. The first-order valence-corrected chi connectivity index (χ1v) is 12.0. The number of hydrogen-bond acceptors (Lipinski definition) is 5. The Morgan fingerprint density at radius 1 is 1.06 bits per heavy atom. The van der Waals surface area contributed by atoms with Crippen LogP contribution < -0.4 is 14.8 Å². The molecular formula is C24H31ClN4O3. The van der Waals surface area contributed by atoms with Crippen LogP contribution >= 0.6 is 11.6 Å². The van der Waals surface area contributed by atoms with Crippen molar-refractivity contribution in [3.8, 4) is 11.5 Å². The van der Waals surface area contributed by atoms with Crippen LogP contribution in [0.5, 0.6) is 11.5 Å². The molecule has 0 unspecified atom stereocenters. The molecule has 8 heteroatoms. The third kappa shape index (κ3) is 6.48. The van der Waals surface area contributed by atoms with E-state index in [1.165, 1.54) is 44.5 Å². The number of aromatic nitrogens is 2. The molecule has 0 atom stereocenters. The molecule has 2 fully saturated rings. The van der Waals surface area contributed by atoms with Crippen molar-refractivity contribution in [1.29, 1.82) is 0 Å². The van der Waals surface area contributed by atoms with Gasteiger partial charge in [-0.05, 0) is 24.5 Å². The summed E-state index contributed by atoms with van der Waals surface area (Å²) >= 11 is 5.97. The molecule has 1 aliphatic carbocycles. The summed E-state index contributed by atoms with van der Waals surface area (Å²) in [4.78, 5) is 22.2. The fraction of sp³-hybridized carbons (Fsp3) is 0.542. The standard InChI is InChI=1S/C24H31ClN4O3/c25-22-23(27-13-12-26-22)28-24(30)29-14-9-19(10-15-29)32-21-8-4-7-20(17-21)31-16-11-18-5-2-1-3-6-18/h4,7-8,12-13,17-19H,1-3,5-6,9-11,14-16H2,(H,27,28,30). The number of rotatable bonds is 7. The van der Waals surface area contributed by atoms with Gasteiger partial charge in [0.05, 0.1) is 6.61 Å². The van der Waals surface area contributed by atoms with Crippen molar-refractivity contribution >= 4 is 23.4 Å². The number of hydrogen-bond donors (Lipinski definition) is 1. The van der Waals surface area contributed by atoms with Crippen molar-refractivity contribution in [1.82, 2.24) is 14.9 Å². The minimum absolute atomic E-state index is 0.0663. The fourth-order valence-electron chi connectivity index (χ4n) is 4.41. The number of carbonyl (C=O) groups is 1. The summed E-state index contributed by atoms with van der Waals surface area (Å²) in [5.41, 5.74) is 0. The van der Waals surface area contributed by atoms with Crippen LogP contribution in [0.4, 0.5) is 10.6 Å². The van der Waals surface area contributed by atoms with Gasteiger partial charge in [-0.25, -0.2) is 14.8 Å². The summed E-state index contributed by atoms with van der Waals surface area (Å²) in [5, 5.41) is 2.90. The summed E-state index contributed by atoms with van der Waals surface area (Å²) in [7, 11) is 0. The van der Waals surface area contributed by atoms with Crippen molar-refractivity contribution in [3.05, 3.63) is 41.8 Å². The van der Waals surface area contributed by atoms with Crippen molar-refractivity contribution in [2.75, 3.05) is 25.0 Å². The largest absolute Gasteiger partial charge is 0.493 e. The van der Waals surface area contributed by atoms with Gasteiger partial charge in [-0.3, -0.25) is 5.32 Å². The molecule has 2 aromatic rings. The molecule has 1 N–H and O–H groups in total. The molecule has 1 aromatic carbocycles. The maximum atomic E-state index is 12.5. The number of urea groups is 1. The lowest BCUT2D eigenvalue weighted by atomic mass is 9.87. The number of ether oxygens (including phenoxy) is 2. The Morgan fingerprint density at radius 3 is 2.59 bits per heavy atom. The first kappa shape index (κ1) is 22.6. The molecule has 2 aliphatic rings. The lowest BCUT2D eigenvalue weighted by Gasteiger charge is -2.32. The first-order chi connectivity index (χ1) is 15.7. The average Bonchev–Trinajstić information content (AvgIpc) is 2.82. The van der Waals surface area contributed by atoms with E-state index in [4.69, 9.17) is 21.1 Å². The molecule has 0 radical (unpaired) electrons. The Kier molecular flexibility index (Phi) is 8.04. The topological polar surface area (TPSA) is 76.6 Å². The van der Waals surface area contributed by atoms with Gasteiger partial charge in [-0.15, -0.1) is 0 Å². The quantitative estimate of drug-likeness (QED) is 0.588. The number of amides is 2. The summed E-state index contributed by atoms with van der Waals surface area (Å²) < 4.78 is 12.2. The molecule has 1 aliphatic heterocycles. The van der Waals surface area contributed by atoms with E-state index in [1.54, 1.807) is 4.90 Å². The molecule has 7 nitrogen and oxygen atoms in total. The van der Waals surface area contributed by atoms with Crippen molar-refractivity contribution in [3.63, 3.8) is 0 Å². The molecule has 2 amide bonds. The maximum absolute atomic E-state index is 12.5. The number of nitrogens with one attached hydrogen (secondary N) is 1. The lowest BCUT2D eigenvalue weighted by Crippen LogP contribution is -2.43. The van der Waals surface area contributed by atoms with Crippen LogP contribution in [0.25, 0.3) is 0 Å². The highest BCUT2D eigenvalue weighted by atomic mass is 35.5. The van der Waals surface area contributed by atoms with Crippen LogP contribution in [0.3, 0.4) is 0 Å². The highest BCUT2D eigenvalue weighted by Crippen LogP contribution is 2.28. The van der Waals surface area contributed by atoms with Crippen LogP contribution in [-0.4, -0.2) is 46.7 Å². The van der Waals surface area contributed by atoms with Gasteiger partial charge in [0.15, 0.2) is 11.0 Å². The van der Waals surface area contributed by atoms with Crippen LogP contribution in [0.15, 0.2) is 36.7 Å². The zero-order valence-electron chi connectivity index (χ0n) is 18.3. The Morgan fingerprint density at radius 2 is 1.81 bits per heavy atom. The monoisotopic (exact) mass is 458 g/mol.